The van der Waals surface area contributed by atoms with Gasteiger partial charge in [-0.15, -0.1) is 23.1 Å². The number of thiophene rings is 1. The smallest absolute Gasteiger partial charge is 0.271 e. The van der Waals surface area contributed by atoms with Crippen LogP contribution in [-0.4, -0.2) is 34.3 Å². The fourth-order valence-corrected chi connectivity index (χ4v) is 5.52. The number of halogens is 1. The summed E-state index contributed by atoms with van der Waals surface area (Å²) in [6, 6.07) is 13.2. The number of thioether (sulfide) groups is 1. The molecule has 3 aromatic rings. The van der Waals surface area contributed by atoms with Gasteiger partial charge >= 0.3 is 0 Å². The summed E-state index contributed by atoms with van der Waals surface area (Å²) in [5, 5.41) is 4.82. The first-order valence-corrected chi connectivity index (χ1v) is 12.6. The summed E-state index contributed by atoms with van der Waals surface area (Å²) >= 11 is 8.58. The predicted molar refractivity (Wildman–Crippen MR) is 125 cm³/mol. The minimum absolute atomic E-state index is 0.146. The van der Waals surface area contributed by atoms with Gasteiger partial charge in [-0.1, -0.05) is 17.7 Å². The molecule has 7 nitrogen and oxygen atoms in total. The van der Waals surface area contributed by atoms with Crippen LogP contribution in [0.25, 0.3) is 0 Å². The first-order chi connectivity index (χ1) is 14.8. The van der Waals surface area contributed by atoms with Crippen molar-refractivity contribution in [3.8, 4) is 11.5 Å². The summed E-state index contributed by atoms with van der Waals surface area (Å²) in [6.07, 6.45) is 0. The Kier molecular flexibility index (Phi) is 7.71. The van der Waals surface area contributed by atoms with E-state index in [1.165, 1.54) is 26.0 Å². The number of methoxy groups -OCH3 is 2. The maximum atomic E-state index is 12.4. The molecule has 0 saturated carbocycles. The molecule has 1 heterocycles. The van der Waals surface area contributed by atoms with Crippen LogP contribution in [0.5, 0.6) is 11.5 Å². The zero-order valence-corrected chi connectivity index (χ0v) is 19.8. The number of ether oxygens (including phenoxy) is 2. The van der Waals surface area contributed by atoms with Gasteiger partial charge in [0.2, 0.25) is 5.91 Å². The summed E-state index contributed by atoms with van der Waals surface area (Å²) < 4.78 is 37.7. The van der Waals surface area contributed by atoms with Crippen molar-refractivity contribution >= 4 is 62.0 Å². The van der Waals surface area contributed by atoms with Crippen LogP contribution in [0.1, 0.15) is 0 Å². The molecule has 0 unspecified atom stereocenters. The fourth-order valence-electron chi connectivity index (χ4n) is 2.53. The Morgan fingerprint density at radius 3 is 2.42 bits per heavy atom. The highest BCUT2D eigenvalue weighted by Crippen LogP contribution is 2.36. The molecular weight excluding hydrogens is 480 g/mol. The number of nitrogens with one attached hydrogen (secondary N) is 2. The van der Waals surface area contributed by atoms with E-state index in [2.05, 4.69) is 10.0 Å². The third kappa shape index (κ3) is 6.07. The molecule has 31 heavy (non-hydrogen) atoms. The van der Waals surface area contributed by atoms with Gasteiger partial charge in [-0.25, -0.2) is 8.42 Å². The molecule has 0 bridgehead atoms. The van der Waals surface area contributed by atoms with Crippen LogP contribution in [0.4, 0.5) is 11.4 Å². The van der Waals surface area contributed by atoms with E-state index in [1.54, 1.807) is 53.9 Å². The predicted octanol–water partition coefficient (Wildman–Crippen LogP) is 4.95. The molecule has 0 fully saturated rings. The molecule has 2 N–H and O–H groups in total. The van der Waals surface area contributed by atoms with Crippen LogP contribution in [0.3, 0.4) is 0 Å². The van der Waals surface area contributed by atoms with Crippen molar-refractivity contribution in [3.63, 3.8) is 0 Å². The molecule has 11 heteroatoms. The van der Waals surface area contributed by atoms with Crippen molar-refractivity contribution in [3.05, 3.63) is 58.9 Å². The molecule has 0 atom stereocenters. The second kappa shape index (κ2) is 10.3. The number of hydrogen-bond donors (Lipinski definition) is 2. The summed E-state index contributed by atoms with van der Waals surface area (Å²) in [5.74, 6) is 0.780. The van der Waals surface area contributed by atoms with Crippen molar-refractivity contribution in [2.45, 2.75) is 9.10 Å². The maximum absolute atomic E-state index is 12.4. The number of hydrogen-bond acceptors (Lipinski definition) is 7. The molecule has 0 aliphatic carbocycles. The molecule has 1 aromatic heterocycles. The monoisotopic (exact) mass is 498 g/mol. The lowest BCUT2D eigenvalue weighted by molar-refractivity contribution is -0.113. The van der Waals surface area contributed by atoms with Crippen LogP contribution in [0.15, 0.2) is 63.0 Å². The van der Waals surface area contributed by atoms with E-state index in [-0.39, 0.29) is 15.9 Å². The van der Waals surface area contributed by atoms with Gasteiger partial charge < -0.3 is 14.8 Å². The average molecular weight is 499 g/mol. The van der Waals surface area contributed by atoms with Gasteiger partial charge in [0.15, 0.2) is 0 Å². The van der Waals surface area contributed by atoms with E-state index in [9.17, 15) is 13.2 Å². The van der Waals surface area contributed by atoms with Crippen LogP contribution >= 0.6 is 34.7 Å². The molecule has 1 amide bonds. The van der Waals surface area contributed by atoms with Crippen molar-refractivity contribution in [1.29, 1.82) is 0 Å². The number of sulfonamides is 1. The first kappa shape index (κ1) is 23.3. The van der Waals surface area contributed by atoms with E-state index in [1.807, 2.05) is 0 Å². The first-order valence-electron chi connectivity index (χ1n) is 8.83. The van der Waals surface area contributed by atoms with Gasteiger partial charge in [0, 0.05) is 16.6 Å². The lowest BCUT2D eigenvalue weighted by atomic mass is 10.2. The van der Waals surface area contributed by atoms with Gasteiger partial charge in [0.1, 0.15) is 15.7 Å². The summed E-state index contributed by atoms with van der Waals surface area (Å²) in [7, 11) is -0.611. The lowest BCUT2D eigenvalue weighted by Crippen LogP contribution is -2.14. The van der Waals surface area contributed by atoms with Gasteiger partial charge in [-0.2, -0.15) is 0 Å². The SMILES string of the molecule is COc1cc(OC)c(NC(=O)CSc2ccc(NS(=O)(=O)c3cccs3)cc2)cc1Cl. The van der Waals surface area contributed by atoms with Crippen molar-refractivity contribution in [2.75, 3.05) is 30.0 Å². The largest absolute Gasteiger partial charge is 0.495 e. The van der Waals surface area contributed by atoms with E-state index in [0.29, 0.717) is 27.9 Å². The molecule has 164 valence electrons. The number of carbonyl (C=O) groups excluding carboxylic acids is 1. The Hall–Kier alpha value is -2.40. The molecule has 0 radical (unpaired) electrons. The highest BCUT2D eigenvalue weighted by atomic mass is 35.5. The minimum Gasteiger partial charge on any atom is -0.495 e. The Labute approximate surface area is 193 Å². The normalized spacial score (nSPS) is 11.1. The van der Waals surface area contributed by atoms with Crippen molar-refractivity contribution < 1.29 is 22.7 Å². The number of amides is 1. The maximum Gasteiger partial charge on any atom is 0.271 e. The van der Waals surface area contributed by atoms with Crippen molar-refractivity contribution in [1.82, 2.24) is 0 Å². The molecule has 2 aromatic carbocycles. The third-order valence-corrected chi connectivity index (χ3v) is 8.07. The zero-order chi connectivity index (χ0) is 22.4. The van der Waals surface area contributed by atoms with E-state index in [4.69, 9.17) is 21.1 Å². The van der Waals surface area contributed by atoms with Crippen LogP contribution in [-0.2, 0) is 14.8 Å². The van der Waals surface area contributed by atoms with Crippen LogP contribution in [0, 0.1) is 0 Å². The quantitative estimate of drug-likeness (QED) is 0.405. The fraction of sp³-hybridized carbons (Fsp3) is 0.150. The standard InChI is InChI=1S/C20H19ClN2O5S3/c1-27-17-11-18(28-2)16(10-15(17)21)22-19(24)12-30-14-7-5-13(6-8-14)23-31(25,26)20-4-3-9-29-20/h3-11,23H,12H2,1-2H3,(H,22,24). The molecule has 0 aliphatic heterocycles. The topological polar surface area (TPSA) is 93.7 Å². The lowest BCUT2D eigenvalue weighted by Gasteiger charge is -2.13. The number of rotatable bonds is 9. The Morgan fingerprint density at radius 1 is 1.10 bits per heavy atom. The molecular formula is C20H19ClN2O5S3. The summed E-state index contributed by atoms with van der Waals surface area (Å²) in [6.45, 7) is 0. The second-order valence-corrected chi connectivity index (χ2v) is 10.4. The highest BCUT2D eigenvalue weighted by Gasteiger charge is 2.15. The van der Waals surface area contributed by atoms with E-state index in [0.717, 1.165) is 16.2 Å². The number of carbonyl (C=O) groups is 1. The van der Waals surface area contributed by atoms with Crippen LogP contribution in [0.2, 0.25) is 5.02 Å². The van der Waals surface area contributed by atoms with E-state index >= 15 is 0 Å². The second-order valence-electron chi connectivity index (χ2n) is 6.09. The average Bonchev–Trinajstić information content (AvgIpc) is 3.29. The van der Waals surface area contributed by atoms with E-state index < -0.39 is 10.0 Å². The zero-order valence-electron chi connectivity index (χ0n) is 16.5. The van der Waals surface area contributed by atoms with Gasteiger partial charge in [0.05, 0.1) is 30.7 Å². The summed E-state index contributed by atoms with van der Waals surface area (Å²) in [4.78, 5) is 13.2. The number of benzene rings is 2. The Balaban J connectivity index is 1.58. The summed E-state index contributed by atoms with van der Waals surface area (Å²) in [5.41, 5.74) is 0.886. The highest BCUT2D eigenvalue weighted by molar-refractivity contribution is 8.00. The third-order valence-electron chi connectivity index (χ3n) is 3.98. The Morgan fingerprint density at radius 2 is 1.81 bits per heavy atom. The molecule has 0 saturated heterocycles. The molecule has 3 rings (SSSR count). The number of anilines is 2. The van der Waals surface area contributed by atoms with Gasteiger partial charge in [0.25, 0.3) is 10.0 Å². The molecule has 0 spiro atoms. The Bertz CT molecular complexity index is 1150. The molecule has 0 aliphatic rings. The van der Waals surface area contributed by atoms with Crippen molar-refractivity contribution in [2.24, 2.45) is 0 Å². The van der Waals surface area contributed by atoms with Gasteiger partial charge in [-0.3, -0.25) is 9.52 Å². The van der Waals surface area contributed by atoms with Crippen LogP contribution < -0.4 is 19.5 Å². The van der Waals surface area contributed by atoms with Gasteiger partial charge in [-0.05, 0) is 41.8 Å². The minimum atomic E-state index is -3.59.